The van der Waals surface area contributed by atoms with Gasteiger partial charge >= 0.3 is 0 Å². The Labute approximate surface area is 118 Å². The van der Waals surface area contributed by atoms with Crippen molar-refractivity contribution in [2.24, 2.45) is 17.3 Å². The molecule has 4 nitrogen and oxygen atoms in total. The Balaban J connectivity index is 1.72. The fourth-order valence-electron chi connectivity index (χ4n) is 3.55. The van der Waals surface area contributed by atoms with Crippen LogP contribution in [0.25, 0.3) is 0 Å². The normalized spacial score (nSPS) is 32.4. The van der Waals surface area contributed by atoms with Gasteiger partial charge in [-0.05, 0) is 37.0 Å². The summed E-state index contributed by atoms with van der Waals surface area (Å²) in [7, 11) is -2.96. The molecule has 1 aliphatic carbocycles. The third kappa shape index (κ3) is 3.50. The van der Waals surface area contributed by atoms with E-state index in [1.165, 1.54) is 12.8 Å². The molecule has 0 aromatic rings. The molecule has 19 heavy (non-hydrogen) atoms. The van der Waals surface area contributed by atoms with Crippen LogP contribution in [0.2, 0.25) is 0 Å². The maximum atomic E-state index is 11.6. The standard InChI is InChI=1S/C14H28N2O2S/c1-5-19(17,18)16-9-12(10-16)8-15-13-7-14(3,4)6-11(13)2/h11-13,15H,5-10H2,1-4H3/t11-,13+/m0/s1. The summed E-state index contributed by atoms with van der Waals surface area (Å²) in [5.41, 5.74) is 0.453. The van der Waals surface area contributed by atoms with Gasteiger partial charge in [0.1, 0.15) is 0 Å². The van der Waals surface area contributed by atoms with Crippen molar-refractivity contribution in [2.75, 3.05) is 25.4 Å². The van der Waals surface area contributed by atoms with Crippen molar-refractivity contribution in [3.05, 3.63) is 0 Å². The molecule has 0 aromatic heterocycles. The van der Waals surface area contributed by atoms with E-state index in [0.29, 0.717) is 30.5 Å². The summed E-state index contributed by atoms with van der Waals surface area (Å²) in [4.78, 5) is 0. The molecule has 1 heterocycles. The summed E-state index contributed by atoms with van der Waals surface area (Å²) in [5, 5.41) is 3.66. The van der Waals surface area contributed by atoms with E-state index in [1.54, 1.807) is 11.2 Å². The second kappa shape index (κ2) is 5.34. The lowest BCUT2D eigenvalue weighted by molar-refractivity contribution is 0.188. The lowest BCUT2D eigenvalue weighted by atomic mass is 9.91. The van der Waals surface area contributed by atoms with Crippen molar-refractivity contribution >= 4 is 10.0 Å². The molecule has 0 amide bonds. The van der Waals surface area contributed by atoms with Crippen LogP contribution in [0.3, 0.4) is 0 Å². The SMILES string of the molecule is CCS(=O)(=O)N1CC(CN[C@@H]2CC(C)(C)C[C@@H]2C)C1. The van der Waals surface area contributed by atoms with Crippen LogP contribution in [0.15, 0.2) is 0 Å². The molecule has 0 unspecified atom stereocenters. The minimum absolute atomic E-state index is 0.223. The first-order valence-corrected chi connectivity index (χ1v) is 9.05. The van der Waals surface area contributed by atoms with Crippen molar-refractivity contribution in [1.82, 2.24) is 9.62 Å². The fraction of sp³-hybridized carbons (Fsp3) is 1.00. The molecule has 2 rings (SSSR count). The highest BCUT2D eigenvalue weighted by molar-refractivity contribution is 7.89. The Morgan fingerprint density at radius 3 is 2.37 bits per heavy atom. The van der Waals surface area contributed by atoms with Crippen LogP contribution in [-0.2, 0) is 10.0 Å². The number of hydrogen-bond donors (Lipinski definition) is 1. The summed E-state index contributed by atoms with van der Waals surface area (Å²) in [6, 6.07) is 0.604. The molecule has 0 radical (unpaired) electrons. The van der Waals surface area contributed by atoms with Crippen molar-refractivity contribution in [1.29, 1.82) is 0 Å². The minimum Gasteiger partial charge on any atom is -0.313 e. The van der Waals surface area contributed by atoms with Crippen LogP contribution in [0.1, 0.15) is 40.5 Å². The van der Waals surface area contributed by atoms with E-state index in [1.807, 2.05) is 0 Å². The summed E-state index contributed by atoms with van der Waals surface area (Å²) in [6.07, 6.45) is 2.52. The van der Waals surface area contributed by atoms with Crippen LogP contribution in [-0.4, -0.2) is 44.2 Å². The number of hydrogen-bond acceptors (Lipinski definition) is 3. The molecule has 1 saturated heterocycles. The molecule has 1 N–H and O–H groups in total. The van der Waals surface area contributed by atoms with Gasteiger partial charge < -0.3 is 5.32 Å². The van der Waals surface area contributed by atoms with Crippen LogP contribution in [0.4, 0.5) is 0 Å². The highest BCUT2D eigenvalue weighted by Crippen LogP contribution is 2.40. The monoisotopic (exact) mass is 288 g/mol. The second-order valence-corrected chi connectivity index (χ2v) is 9.41. The predicted octanol–water partition coefficient (Wildman–Crippen LogP) is 1.68. The first kappa shape index (κ1) is 15.3. The van der Waals surface area contributed by atoms with Crippen LogP contribution in [0, 0.1) is 17.3 Å². The molecule has 1 aliphatic heterocycles. The van der Waals surface area contributed by atoms with Gasteiger partial charge in [-0.1, -0.05) is 20.8 Å². The Bertz CT molecular complexity index is 413. The van der Waals surface area contributed by atoms with E-state index in [0.717, 1.165) is 12.5 Å². The summed E-state index contributed by atoms with van der Waals surface area (Å²) in [5.74, 6) is 1.45. The van der Waals surface area contributed by atoms with E-state index in [9.17, 15) is 8.42 Å². The van der Waals surface area contributed by atoms with Gasteiger partial charge in [-0.2, -0.15) is 0 Å². The maximum absolute atomic E-state index is 11.6. The van der Waals surface area contributed by atoms with Gasteiger partial charge in [0.25, 0.3) is 0 Å². The van der Waals surface area contributed by atoms with Gasteiger partial charge in [-0.3, -0.25) is 0 Å². The maximum Gasteiger partial charge on any atom is 0.213 e. The first-order chi connectivity index (χ1) is 8.73. The van der Waals surface area contributed by atoms with Crippen LogP contribution >= 0.6 is 0 Å². The molecular formula is C14H28N2O2S. The minimum atomic E-state index is -2.96. The molecular weight excluding hydrogens is 260 g/mol. The van der Waals surface area contributed by atoms with E-state index in [2.05, 4.69) is 26.1 Å². The number of sulfonamides is 1. The fourth-order valence-corrected chi connectivity index (χ4v) is 4.79. The highest BCUT2D eigenvalue weighted by atomic mass is 32.2. The molecule has 0 aromatic carbocycles. The second-order valence-electron chi connectivity index (χ2n) is 7.15. The van der Waals surface area contributed by atoms with Gasteiger partial charge in [0.2, 0.25) is 10.0 Å². The topological polar surface area (TPSA) is 49.4 Å². The molecule has 2 fully saturated rings. The Morgan fingerprint density at radius 2 is 1.89 bits per heavy atom. The lowest BCUT2D eigenvalue weighted by Gasteiger charge is -2.38. The molecule has 2 aliphatic rings. The van der Waals surface area contributed by atoms with Gasteiger partial charge in [-0.15, -0.1) is 0 Å². The van der Waals surface area contributed by atoms with E-state index in [-0.39, 0.29) is 5.75 Å². The molecule has 5 heteroatoms. The summed E-state index contributed by atoms with van der Waals surface area (Å²) in [6.45, 7) is 11.1. The Morgan fingerprint density at radius 1 is 1.26 bits per heavy atom. The van der Waals surface area contributed by atoms with Crippen molar-refractivity contribution in [3.8, 4) is 0 Å². The van der Waals surface area contributed by atoms with E-state index >= 15 is 0 Å². The quantitative estimate of drug-likeness (QED) is 0.837. The van der Waals surface area contributed by atoms with E-state index in [4.69, 9.17) is 0 Å². The van der Waals surface area contributed by atoms with Crippen molar-refractivity contribution in [2.45, 2.75) is 46.6 Å². The van der Waals surface area contributed by atoms with Gasteiger partial charge in [0.15, 0.2) is 0 Å². The zero-order valence-electron chi connectivity index (χ0n) is 12.6. The van der Waals surface area contributed by atoms with Gasteiger partial charge in [-0.25, -0.2) is 12.7 Å². The molecule has 0 bridgehead atoms. The zero-order valence-corrected chi connectivity index (χ0v) is 13.5. The van der Waals surface area contributed by atoms with Gasteiger partial charge in [0.05, 0.1) is 5.75 Å². The third-order valence-corrected chi connectivity index (χ3v) is 6.50. The number of nitrogens with one attached hydrogen (secondary N) is 1. The molecule has 112 valence electrons. The van der Waals surface area contributed by atoms with Crippen molar-refractivity contribution < 1.29 is 8.42 Å². The highest BCUT2D eigenvalue weighted by Gasteiger charge is 2.38. The van der Waals surface area contributed by atoms with Crippen LogP contribution < -0.4 is 5.32 Å². The smallest absolute Gasteiger partial charge is 0.213 e. The zero-order chi connectivity index (χ0) is 14.3. The van der Waals surface area contributed by atoms with Crippen LogP contribution in [0.5, 0.6) is 0 Å². The Kier molecular flexibility index (Phi) is 4.29. The first-order valence-electron chi connectivity index (χ1n) is 7.45. The largest absolute Gasteiger partial charge is 0.313 e. The average Bonchev–Trinajstić information content (AvgIpc) is 2.49. The molecule has 1 saturated carbocycles. The van der Waals surface area contributed by atoms with Gasteiger partial charge in [0, 0.05) is 25.7 Å². The summed E-state index contributed by atoms with van der Waals surface area (Å²) >= 11 is 0. The van der Waals surface area contributed by atoms with Crippen molar-refractivity contribution in [3.63, 3.8) is 0 Å². The third-order valence-electron chi connectivity index (χ3n) is 4.68. The summed E-state index contributed by atoms with van der Waals surface area (Å²) < 4.78 is 24.9. The van der Waals surface area contributed by atoms with E-state index < -0.39 is 10.0 Å². The Hall–Kier alpha value is -0.130. The number of rotatable bonds is 5. The predicted molar refractivity (Wildman–Crippen MR) is 78.5 cm³/mol. The molecule has 0 spiro atoms. The average molecular weight is 288 g/mol. The molecule has 2 atom stereocenters. The lowest BCUT2D eigenvalue weighted by Crippen LogP contribution is -2.54. The number of nitrogens with zero attached hydrogens (tertiary/aromatic N) is 1.